The Bertz CT molecular complexity index is 1000. The summed E-state index contributed by atoms with van der Waals surface area (Å²) in [7, 11) is 0. The highest BCUT2D eigenvalue weighted by atomic mass is 32.2. The number of carbonyl (C=O) groups is 3. The fraction of sp³-hybridized carbons (Fsp3) is 0.348. The Morgan fingerprint density at radius 2 is 1.87 bits per heavy atom. The second-order valence-electron chi connectivity index (χ2n) is 7.95. The summed E-state index contributed by atoms with van der Waals surface area (Å²) >= 11 is 1.70. The fourth-order valence-electron chi connectivity index (χ4n) is 4.48. The molecule has 2 amide bonds. The van der Waals surface area contributed by atoms with Crippen LogP contribution < -0.4 is 5.32 Å². The van der Waals surface area contributed by atoms with Gasteiger partial charge in [-0.25, -0.2) is 0 Å². The smallest absolute Gasteiger partial charge is 0.254 e. The van der Waals surface area contributed by atoms with Crippen LogP contribution in [0.3, 0.4) is 0 Å². The topological polar surface area (TPSA) is 69.7 Å². The van der Waals surface area contributed by atoms with Crippen LogP contribution in [-0.4, -0.2) is 70.7 Å². The van der Waals surface area contributed by atoms with Gasteiger partial charge in [0, 0.05) is 43.2 Å². The highest BCUT2D eigenvalue weighted by Crippen LogP contribution is 2.28. The number of Topliss-reactive ketones (excluding diaryl/α,β-unsaturated/α-hetero) is 1. The molecule has 0 unspecified atom stereocenters. The molecule has 154 valence electrons. The van der Waals surface area contributed by atoms with E-state index >= 15 is 0 Å². The van der Waals surface area contributed by atoms with Crippen molar-refractivity contribution in [3.8, 4) is 11.1 Å². The first-order valence-corrected chi connectivity index (χ1v) is 11.4. The van der Waals surface area contributed by atoms with Gasteiger partial charge in [-0.15, -0.1) is 11.8 Å². The van der Waals surface area contributed by atoms with E-state index in [1.807, 2.05) is 48.5 Å². The van der Waals surface area contributed by atoms with E-state index in [-0.39, 0.29) is 36.6 Å². The number of ketones is 1. The molecule has 3 heterocycles. The molecule has 2 aromatic rings. The largest absolute Gasteiger partial charge is 0.337 e. The highest BCUT2D eigenvalue weighted by Gasteiger charge is 2.41. The third kappa shape index (κ3) is 3.42. The second-order valence-corrected chi connectivity index (χ2v) is 8.98. The number of rotatable bonds is 2. The molecule has 2 aromatic carbocycles. The average molecular weight is 422 g/mol. The minimum atomic E-state index is -0.572. The van der Waals surface area contributed by atoms with Crippen LogP contribution in [0.1, 0.15) is 15.9 Å². The molecule has 0 spiro atoms. The first kappa shape index (κ1) is 19.3. The second kappa shape index (κ2) is 7.89. The molecule has 2 saturated heterocycles. The van der Waals surface area contributed by atoms with Crippen molar-refractivity contribution in [1.82, 2.24) is 15.1 Å². The zero-order valence-corrected chi connectivity index (χ0v) is 17.4. The summed E-state index contributed by atoms with van der Waals surface area (Å²) in [4.78, 5) is 42.7. The number of piperazine rings is 1. The molecule has 3 aliphatic rings. The molecule has 0 saturated carbocycles. The molecule has 0 bridgehead atoms. The number of nitrogens with zero attached hydrogens (tertiary/aromatic N) is 2. The van der Waals surface area contributed by atoms with Gasteiger partial charge in [-0.3, -0.25) is 19.7 Å². The quantitative estimate of drug-likeness (QED) is 0.801. The van der Waals surface area contributed by atoms with Crippen LogP contribution in [0.2, 0.25) is 0 Å². The third-order valence-electron chi connectivity index (χ3n) is 6.15. The molecule has 30 heavy (non-hydrogen) atoms. The normalized spacial score (nSPS) is 23.7. The zero-order chi connectivity index (χ0) is 20.7. The van der Waals surface area contributed by atoms with Gasteiger partial charge < -0.3 is 9.80 Å². The molecular formula is C23H23N3O3S. The standard InChI is InChI=1S/C23H23N3O3S/c27-21-11-17-7-6-16(15-4-2-1-3-5-15)10-18(17)22(28)26-9-8-25(12-20(21)26)23(29)19-13-30-14-24-19/h1-7,10,19-20,24H,8-9,11-14H2/t19-,20+/m0/s1. The number of hydrogen-bond donors (Lipinski definition) is 1. The highest BCUT2D eigenvalue weighted by molar-refractivity contribution is 7.99. The Morgan fingerprint density at radius 1 is 1.03 bits per heavy atom. The molecule has 2 fully saturated rings. The first-order chi connectivity index (χ1) is 14.6. The maximum absolute atomic E-state index is 13.4. The van der Waals surface area contributed by atoms with Crippen molar-refractivity contribution in [3.05, 3.63) is 59.7 Å². The van der Waals surface area contributed by atoms with E-state index in [2.05, 4.69) is 5.32 Å². The maximum atomic E-state index is 13.4. The molecule has 7 heteroatoms. The Labute approximate surface area is 179 Å². The third-order valence-corrected chi connectivity index (χ3v) is 7.09. The summed E-state index contributed by atoms with van der Waals surface area (Å²) in [6.07, 6.45) is 0.219. The lowest BCUT2D eigenvalue weighted by atomic mass is 9.96. The van der Waals surface area contributed by atoms with Gasteiger partial charge in [0.15, 0.2) is 5.78 Å². The Kier molecular flexibility index (Phi) is 5.08. The van der Waals surface area contributed by atoms with Crippen molar-refractivity contribution < 1.29 is 14.4 Å². The number of amides is 2. The first-order valence-electron chi connectivity index (χ1n) is 10.2. The average Bonchev–Trinajstić information content (AvgIpc) is 3.30. The number of benzene rings is 2. The van der Waals surface area contributed by atoms with Gasteiger partial charge in [0.25, 0.3) is 5.91 Å². The number of carbonyl (C=O) groups excluding carboxylic acids is 3. The number of fused-ring (bicyclic) bond motifs is 2. The van der Waals surface area contributed by atoms with Crippen LogP contribution in [0, 0.1) is 0 Å². The maximum Gasteiger partial charge on any atom is 0.254 e. The predicted octanol–water partition coefficient (Wildman–Crippen LogP) is 1.79. The number of hydrogen-bond acceptors (Lipinski definition) is 5. The number of nitrogens with one attached hydrogen (secondary N) is 1. The van der Waals surface area contributed by atoms with Gasteiger partial charge in [-0.2, -0.15) is 0 Å². The lowest BCUT2D eigenvalue weighted by Crippen LogP contribution is -2.61. The summed E-state index contributed by atoms with van der Waals surface area (Å²) in [5.74, 6) is 1.45. The van der Waals surface area contributed by atoms with Crippen molar-refractivity contribution in [3.63, 3.8) is 0 Å². The van der Waals surface area contributed by atoms with Gasteiger partial charge in [0.05, 0.1) is 6.04 Å². The van der Waals surface area contributed by atoms with Crippen LogP contribution in [0.25, 0.3) is 11.1 Å². The van der Waals surface area contributed by atoms with Gasteiger partial charge in [-0.1, -0.05) is 42.5 Å². The molecule has 2 atom stereocenters. The fourth-order valence-corrected chi connectivity index (χ4v) is 5.41. The molecule has 6 nitrogen and oxygen atoms in total. The Morgan fingerprint density at radius 3 is 2.63 bits per heavy atom. The van der Waals surface area contributed by atoms with Gasteiger partial charge in [0.2, 0.25) is 5.91 Å². The van der Waals surface area contributed by atoms with Crippen LogP contribution in [-0.2, 0) is 16.0 Å². The summed E-state index contributed by atoms with van der Waals surface area (Å²) in [5.41, 5.74) is 3.37. The van der Waals surface area contributed by atoms with Crippen molar-refractivity contribution in [2.75, 3.05) is 31.3 Å². The van der Waals surface area contributed by atoms with Gasteiger partial charge in [-0.05, 0) is 22.8 Å². The van der Waals surface area contributed by atoms with Gasteiger partial charge in [0.1, 0.15) is 6.04 Å². The number of thioether (sulfide) groups is 1. The molecule has 5 rings (SSSR count). The minimum Gasteiger partial charge on any atom is -0.337 e. The molecule has 1 N–H and O–H groups in total. The molecular weight excluding hydrogens is 398 g/mol. The van der Waals surface area contributed by atoms with Crippen molar-refractivity contribution in [2.24, 2.45) is 0 Å². The summed E-state index contributed by atoms with van der Waals surface area (Å²) in [5, 5.41) is 3.20. The van der Waals surface area contributed by atoms with E-state index in [0.717, 1.165) is 28.3 Å². The molecule has 0 radical (unpaired) electrons. The van der Waals surface area contributed by atoms with Crippen LogP contribution in [0.5, 0.6) is 0 Å². The lowest BCUT2D eigenvalue weighted by molar-refractivity contribution is -0.137. The van der Waals surface area contributed by atoms with Gasteiger partial charge >= 0.3 is 0 Å². The van der Waals surface area contributed by atoms with E-state index in [9.17, 15) is 14.4 Å². The lowest BCUT2D eigenvalue weighted by Gasteiger charge is -2.40. The minimum absolute atomic E-state index is 0.000757. The molecule has 0 aliphatic carbocycles. The van der Waals surface area contributed by atoms with Crippen molar-refractivity contribution in [1.29, 1.82) is 0 Å². The van der Waals surface area contributed by atoms with E-state index in [4.69, 9.17) is 0 Å². The van der Waals surface area contributed by atoms with Crippen LogP contribution in [0.15, 0.2) is 48.5 Å². The van der Waals surface area contributed by atoms with E-state index in [1.165, 1.54) is 0 Å². The predicted molar refractivity (Wildman–Crippen MR) is 116 cm³/mol. The molecule has 3 aliphatic heterocycles. The monoisotopic (exact) mass is 421 g/mol. The Balaban J connectivity index is 1.42. The van der Waals surface area contributed by atoms with E-state index < -0.39 is 6.04 Å². The van der Waals surface area contributed by atoms with Crippen molar-refractivity contribution in [2.45, 2.75) is 18.5 Å². The summed E-state index contributed by atoms with van der Waals surface area (Å²) in [6, 6.07) is 14.9. The van der Waals surface area contributed by atoms with Crippen LogP contribution >= 0.6 is 11.8 Å². The summed E-state index contributed by atoms with van der Waals surface area (Å²) < 4.78 is 0. The van der Waals surface area contributed by atoms with Crippen LogP contribution in [0.4, 0.5) is 0 Å². The SMILES string of the molecule is O=C1Cc2ccc(-c3ccccc3)cc2C(=O)N2CCN(C(=O)[C@@H]3CSCN3)C[C@H]12. The zero-order valence-electron chi connectivity index (χ0n) is 16.5. The Hall–Kier alpha value is -2.64. The molecule has 0 aromatic heterocycles. The van der Waals surface area contributed by atoms with Crippen molar-refractivity contribution >= 4 is 29.4 Å². The van der Waals surface area contributed by atoms with E-state index in [1.54, 1.807) is 21.6 Å². The summed E-state index contributed by atoms with van der Waals surface area (Å²) in [6.45, 7) is 1.13. The van der Waals surface area contributed by atoms with E-state index in [0.29, 0.717) is 18.7 Å².